The summed E-state index contributed by atoms with van der Waals surface area (Å²) in [6.45, 7) is 6.02. The highest BCUT2D eigenvalue weighted by Gasteiger charge is 2.20. The number of benzene rings is 3. The van der Waals surface area contributed by atoms with Crippen LogP contribution in [0.5, 0.6) is 0 Å². The van der Waals surface area contributed by atoms with Crippen molar-refractivity contribution in [2.75, 3.05) is 5.32 Å². The molecule has 0 aliphatic carbocycles. The summed E-state index contributed by atoms with van der Waals surface area (Å²) in [5.41, 5.74) is 5.61. The normalized spacial score (nSPS) is 10.8. The number of halogens is 1. The number of amides is 1. The van der Waals surface area contributed by atoms with E-state index in [1.807, 2.05) is 75.4 Å². The van der Waals surface area contributed by atoms with E-state index in [9.17, 15) is 4.79 Å². The molecule has 1 aromatic heterocycles. The van der Waals surface area contributed by atoms with Crippen LogP contribution in [0.15, 0.2) is 66.7 Å². The fraction of sp³-hybridized carbons (Fsp3) is 0.125. The molecular weight excluding hydrogens is 396 g/mol. The van der Waals surface area contributed by atoms with Gasteiger partial charge < -0.3 is 5.32 Å². The summed E-state index contributed by atoms with van der Waals surface area (Å²) in [4.78, 5) is 17.5. The van der Waals surface area contributed by atoms with Crippen molar-refractivity contribution in [3.63, 3.8) is 0 Å². The molecule has 5 nitrogen and oxygen atoms in total. The second-order valence-electron chi connectivity index (χ2n) is 7.17. The maximum Gasteiger partial charge on any atom is 0.295 e. The molecule has 0 unspecified atom stereocenters. The Hall–Kier alpha value is -3.44. The number of anilines is 1. The van der Waals surface area contributed by atoms with E-state index in [4.69, 9.17) is 11.6 Å². The molecule has 150 valence electrons. The SMILES string of the molecule is Cc1ccccc1NC(=O)c1nc(-c2ccc(Cl)cc2)n(-c2cccc(C)c2C)n1. The molecule has 0 saturated carbocycles. The molecule has 0 atom stereocenters. The van der Waals surface area contributed by atoms with Gasteiger partial charge in [0.15, 0.2) is 5.82 Å². The Balaban J connectivity index is 1.81. The van der Waals surface area contributed by atoms with Gasteiger partial charge in [0.05, 0.1) is 5.69 Å². The molecule has 1 N–H and O–H groups in total. The summed E-state index contributed by atoms with van der Waals surface area (Å²) in [6.07, 6.45) is 0. The molecule has 0 aliphatic heterocycles. The number of nitrogens with zero attached hydrogens (tertiary/aromatic N) is 3. The zero-order chi connectivity index (χ0) is 21.3. The number of para-hydroxylation sites is 1. The van der Waals surface area contributed by atoms with Gasteiger partial charge in [0.1, 0.15) is 0 Å². The summed E-state index contributed by atoms with van der Waals surface area (Å²) in [5.74, 6) is 0.322. The first-order valence-electron chi connectivity index (χ1n) is 9.60. The fourth-order valence-corrected chi connectivity index (χ4v) is 3.34. The molecule has 0 fully saturated rings. The average Bonchev–Trinajstić information content (AvgIpc) is 3.17. The molecule has 1 amide bonds. The van der Waals surface area contributed by atoms with Gasteiger partial charge in [-0.2, -0.15) is 0 Å². The van der Waals surface area contributed by atoms with Crippen molar-refractivity contribution in [1.29, 1.82) is 0 Å². The van der Waals surface area contributed by atoms with Gasteiger partial charge in [-0.05, 0) is 73.9 Å². The second-order valence-corrected chi connectivity index (χ2v) is 7.60. The van der Waals surface area contributed by atoms with Crippen molar-refractivity contribution < 1.29 is 4.79 Å². The van der Waals surface area contributed by atoms with E-state index >= 15 is 0 Å². The Labute approximate surface area is 180 Å². The molecule has 1 heterocycles. The van der Waals surface area contributed by atoms with Crippen LogP contribution in [-0.2, 0) is 0 Å². The largest absolute Gasteiger partial charge is 0.319 e. The van der Waals surface area contributed by atoms with Gasteiger partial charge in [-0.25, -0.2) is 9.67 Å². The van der Waals surface area contributed by atoms with E-state index in [1.54, 1.807) is 16.8 Å². The van der Waals surface area contributed by atoms with Crippen molar-refractivity contribution in [3.05, 3.63) is 94.3 Å². The molecule has 0 spiro atoms. The summed E-state index contributed by atoms with van der Waals surface area (Å²) >= 11 is 6.06. The quantitative estimate of drug-likeness (QED) is 0.459. The standard InChI is InChI=1S/C24H21ClN4O/c1-15-8-6-10-21(17(15)3)29-23(18-11-13-19(25)14-12-18)27-22(28-29)24(30)26-20-9-5-4-7-16(20)2/h4-14H,1-3H3,(H,26,30). The Kier molecular flexibility index (Phi) is 5.38. The molecule has 3 aromatic carbocycles. The summed E-state index contributed by atoms with van der Waals surface area (Å²) < 4.78 is 1.72. The number of aromatic nitrogens is 3. The number of nitrogens with one attached hydrogen (secondary N) is 1. The van der Waals surface area contributed by atoms with Gasteiger partial charge in [-0.1, -0.05) is 41.9 Å². The lowest BCUT2D eigenvalue weighted by Gasteiger charge is -2.11. The van der Waals surface area contributed by atoms with Crippen LogP contribution >= 0.6 is 11.6 Å². The van der Waals surface area contributed by atoms with Gasteiger partial charge in [0.25, 0.3) is 5.91 Å². The molecule has 4 aromatic rings. The van der Waals surface area contributed by atoms with E-state index in [0.29, 0.717) is 10.8 Å². The topological polar surface area (TPSA) is 59.8 Å². The lowest BCUT2D eigenvalue weighted by atomic mass is 10.1. The maximum absolute atomic E-state index is 12.9. The number of carbonyl (C=O) groups is 1. The van der Waals surface area contributed by atoms with Crippen LogP contribution in [-0.4, -0.2) is 20.7 Å². The summed E-state index contributed by atoms with van der Waals surface area (Å²) in [7, 11) is 0. The molecule has 6 heteroatoms. The monoisotopic (exact) mass is 416 g/mol. The van der Waals surface area contributed by atoms with E-state index in [2.05, 4.69) is 15.4 Å². The lowest BCUT2D eigenvalue weighted by molar-refractivity contribution is 0.101. The van der Waals surface area contributed by atoms with Crippen molar-refractivity contribution in [2.24, 2.45) is 0 Å². The Morgan fingerprint density at radius 1 is 0.900 bits per heavy atom. The fourth-order valence-electron chi connectivity index (χ4n) is 3.22. The third-order valence-electron chi connectivity index (χ3n) is 5.11. The minimum absolute atomic E-state index is 0.101. The number of hydrogen-bond donors (Lipinski definition) is 1. The first kappa shape index (κ1) is 19.9. The average molecular weight is 417 g/mol. The minimum atomic E-state index is -0.358. The third-order valence-corrected chi connectivity index (χ3v) is 5.36. The van der Waals surface area contributed by atoms with Crippen LogP contribution in [0.3, 0.4) is 0 Å². The number of carbonyl (C=O) groups excluding carboxylic acids is 1. The summed E-state index contributed by atoms with van der Waals surface area (Å²) in [6, 6.07) is 20.9. The highest BCUT2D eigenvalue weighted by Crippen LogP contribution is 2.26. The van der Waals surface area contributed by atoms with Crippen LogP contribution in [0.4, 0.5) is 5.69 Å². The van der Waals surface area contributed by atoms with Crippen LogP contribution < -0.4 is 5.32 Å². The Bertz CT molecular complexity index is 1230. The van der Waals surface area contributed by atoms with Gasteiger partial charge in [0.2, 0.25) is 5.82 Å². The van der Waals surface area contributed by atoms with Crippen LogP contribution in [0, 0.1) is 20.8 Å². The minimum Gasteiger partial charge on any atom is -0.319 e. The van der Waals surface area contributed by atoms with Crippen LogP contribution in [0.2, 0.25) is 5.02 Å². The molecule has 0 bridgehead atoms. The van der Waals surface area contributed by atoms with E-state index < -0.39 is 0 Å². The highest BCUT2D eigenvalue weighted by atomic mass is 35.5. The van der Waals surface area contributed by atoms with Crippen molar-refractivity contribution in [2.45, 2.75) is 20.8 Å². The zero-order valence-electron chi connectivity index (χ0n) is 17.0. The van der Waals surface area contributed by atoms with Crippen LogP contribution in [0.1, 0.15) is 27.3 Å². The molecule has 4 rings (SSSR count). The third kappa shape index (κ3) is 3.84. The second kappa shape index (κ2) is 8.13. The van der Waals surface area contributed by atoms with E-state index in [0.717, 1.165) is 33.6 Å². The van der Waals surface area contributed by atoms with Crippen molar-refractivity contribution in [3.8, 4) is 17.1 Å². The number of rotatable bonds is 4. The number of aryl methyl sites for hydroxylation is 2. The molecule has 0 aliphatic rings. The predicted octanol–water partition coefficient (Wildman–Crippen LogP) is 5.77. The Morgan fingerprint density at radius 2 is 1.60 bits per heavy atom. The molecule has 0 radical (unpaired) electrons. The zero-order valence-corrected chi connectivity index (χ0v) is 17.7. The lowest BCUT2D eigenvalue weighted by Crippen LogP contribution is -2.15. The smallest absolute Gasteiger partial charge is 0.295 e. The molecular formula is C24H21ClN4O. The molecule has 30 heavy (non-hydrogen) atoms. The van der Waals surface area contributed by atoms with E-state index in [-0.39, 0.29) is 11.7 Å². The summed E-state index contributed by atoms with van der Waals surface area (Å²) in [5, 5.41) is 8.11. The van der Waals surface area contributed by atoms with Gasteiger partial charge in [-0.15, -0.1) is 5.10 Å². The van der Waals surface area contributed by atoms with Gasteiger partial charge >= 0.3 is 0 Å². The first-order chi connectivity index (χ1) is 14.4. The maximum atomic E-state index is 12.9. The molecule has 0 saturated heterocycles. The van der Waals surface area contributed by atoms with Crippen molar-refractivity contribution in [1.82, 2.24) is 14.8 Å². The van der Waals surface area contributed by atoms with E-state index in [1.165, 1.54) is 0 Å². The van der Waals surface area contributed by atoms with Crippen molar-refractivity contribution >= 4 is 23.2 Å². The highest BCUT2D eigenvalue weighted by molar-refractivity contribution is 6.30. The van der Waals surface area contributed by atoms with Gasteiger partial charge in [0, 0.05) is 16.3 Å². The van der Waals surface area contributed by atoms with Gasteiger partial charge in [-0.3, -0.25) is 4.79 Å². The van der Waals surface area contributed by atoms with Crippen LogP contribution in [0.25, 0.3) is 17.1 Å². The number of hydrogen-bond acceptors (Lipinski definition) is 3. The predicted molar refractivity (Wildman–Crippen MR) is 120 cm³/mol. The first-order valence-corrected chi connectivity index (χ1v) is 9.98. The Morgan fingerprint density at radius 3 is 2.33 bits per heavy atom.